The average Bonchev–Trinajstić information content (AvgIpc) is 3.18. The lowest BCUT2D eigenvalue weighted by atomic mass is 9.96. The van der Waals surface area contributed by atoms with E-state index in [0.717, 1.165) is 45.3 Å². The van der Waals surface area contributed by atoms with Gasteiger partial charge in [0.05, 0.1) is 18.8 Å². The fraction of sp³-hybridized carbons (Fsp3) is 0.632. The molecule has 1 N–H and O–H groups in total. The molecule has 7 nitrogen and oxygen atoms in total. The van der Waals surface area contributed by atoms with Gasteiger partial charge in [-0.2, -0.15) is 18.3 Å². The largest absolute Gasteiger partial charge is 0.490 e. The van der Waals surface area contributed by atoms with Crippen LogP contribution in [0.25, 0.3) is 0 Å². The molecular weight excluding hydrogens is 421 g/mol. The van der Waals surface area contributed by atoms with Gasteiger partial charge >= 0.3 is 12.1 Å². The third-order valence-corrected chi connectivity index (χ3v) is 5.70. The van der Waals surface area contributed by atoms with Gasteiger partial charge in [0.2, 0.25) is 0 Å². The topological polar surface area (TPSA) is 80.5 Å². The molecule has 2 aromatic heterocycles. The minimum Gasteiger partial charge on any atom is -0.475 e. The Bertz CT molecular complexity index is 822. The SMILES string of the molecule is CCn1cc2c(n1)CN(Cc1nccs1)CC2COCC1CC1.O=C(O)C(F)(F)F. The maximum atomic E-state index is 10.6. The first kappa shape index (κ1) is 22.7. The molecule has 0 radical (unpaired) electrons. The van der Waals surface area contributed by atoms with Crippen molar-refractivity contribution in [1.82, 2.24) is 19.7 Å². The van der Waals surface area contributed by atoms with Gasteiger partial charge in [-0.25, -0.2) is 9.78 Å². The molecule has 0 aromatic carbocycles. The van der Waals surface area contributed by atoms with Crippen LogP contribution in [0.3, 0.4) is 0 Å². The molecule has 1 unspecified atom stereocenters. The number of aliphatic carboxylic acids is 1. The van der Waals surface area contributed by atoms with E-state index in [9.17, 15) is 13.2 Å². The second kappa shape index (κ2) is 9.88. The Morgan fingerprint density at radius 1 is 1.37 bits per heavy atom. The standard InChI is InChI=1S/C17H24N4OS.C2HF3O2/c1-2-21-8-15-14(12-22-11-13-3-4-13)7-20(9-16(15)19-21)10-17-18-5-6-23-17;3-2(4,5)1(6)7/h5-6,8,13-14H,2-4,7,9-12H2,1H3;(H,6,7). The number of aromatic nitrogens is 3. The Hall–Kier alpha value is -1.98. The highest BCUT2D eigenvalue weighted by atomic mass is 32.1. The summed E-state index contributed by atoms with van der Waals surface area (Å²) in [7, 11) is 0. The Morgan fingerprint density at radius 3 is 2.67 bits per heavy atom. The van der Waals surface area contributed by atoms with E-state index < -0.39 is 12.1 Å². The molecule has 1 saturated carbocycles. The van der Waals surface area contributed by atoms with Crippen LogP contribution < -0.4 is 0 Å². The normalized spacial score (nSPS) is 19.1. The molecule has 1 aliphatic carbocycles. The molecule has 11 heteroatoms. The highest BCUT2D eigenvalue weighted by molar-refractivity contribution is 7.09. The summed E-state index contributed by atoms with van der Waals surface area (Å²) in [5.74, 6) is -1.51. The lowest BCUT2D eigenvalue weighted by Crippen LogP contribution is -2.34. The van der Waals surface area contributed by atoms with Crippen molar-refractivity contribution in [2.24, 2.45) is 5.92 Å². The van der Waals surface area contributed by atoms with Gasteiger partial charge in [0.25, 0.3) is 0 Å². The molecule has 166 valence electrons. The van der Waals surface area contributed by atoms with Crippen molar-refractivity contribution >= 4 is 17.3 Å². The predicted octanol–water partition coefficient (Wildman–Crippen LogP) is 3.52. The fourth-order valence-electron chi connectivity index (χ4n) is 3.24. The summed E-state index contributed by atoms with van der Waals surface area (Å²) in [6.45, 7) is 7.68. The second-order valence-corrected chi connectivity index (χ2v) is 8.44. The van der Waals surface area contributed by atoms with Gasteiger partial charge in [-0.1, -0.05) is 0 Å². The van der Waals surface area contributed by atoms with Crippen LogP contribution in [0.2, 0.25) is 0 Å². The summed E-state index contributed by atoms with van der Waals surface area (Å²) >= 11 is 1.73. The van der Waals surface area contributed by atoms with Crippen molar-refractivity contribution in [3.8, 4) is 0 Å². The van der Waals surface area contributed by atoms with Gasteiger partial charge in [0.1, 0.15) is 5.01 Å². The van der Waals surface area contributed by atoms with Gasteiger partial charge in [-0.3, -0.25) is 9.58 Å². The first-order chi connectivity index (χ1) is 14.3. The van der Waals surface area contributed by atoms with Gasteiger partial charge < -0.3 is 9.84 Å². The monoisotopic (exact) mass is 446 g/mol. The molecule has 0 spiro atoms. The number of rotatable bonds is 7. The predicted molar refractivity (Wildman–Crippen MR) is 104 cm³/mol. The number of thiazole rings is 1. The van der Waals surface area contributed by atoms with E-state index in [2.05, 4.69) is 27.7 Å². The van der Waals surface area contributed by atoms with Crippen molar-refractivity contribution in [2.45, 2.75) is 51.5 Å². The Morgan fingerprint density at radius 2 is 2.10 bits per heavy atom. The lowest BCUT2D eigenvalue weighted by molar-refractivity contribution is -0.192. The molecule has 30 heavy (non-hydrogen) atoms. The van der Waals surface area contributed by atoms with E-state index in [1.165, 1.54) is 29.1 Å². The molecule has 0 saturated heterocycles. The van der Waals surface area contributed by atoms with Crippen LogP contribution in [0, 0.1) is 5.92 Å². The van der Waals surface area contributed by atoms with Crippen LogP contribution in [0.4, 0.5) is 13.2 Å². The number of hydrogen-bond donors (Lipinski definition) is 1. The van der Waals surface area contributed by atoms with Crippen molar-refractivity contribution in [1.29, 1.82) is 0 Å². The lowest BCUT2D eigenvalue weighted by Gasteiger charge is -2.31. The zero-order valence-corrected chi connectivity index (χ0v) is 17.5. The maximum absolute atomic E-state index is 10.6. The molecule has 0 bridgehead atoms. The quantitative estimate of drug-likeness (QED) is 0.701. The van der Waals surface area contributed by atoms with Gasteiger partial charge in [0.15, 0.2) is 0 Å². The summed E-state index contributed by atoms with van der Waals surface area (Å²) in [5, 5.41) is 15.1. The third kappa shape index (κ3) is 6.51. The summed E-state index contributed by atoms with van der Waals surface area (Å²) in [6, 6.07) is 0. The maximum Gasteiger partial charge on any atom is 0.490 e. The highest BCUT2D eigenvalue weighted by Crippen LogP contribution is 2.32. The van der Waals surface area contributed by atoms with Crippen LogP contribution in [-0.4, -0.2) is 56.7 Å². The summed E-state index contributed by atoms with van der Waals surface area (Å²) in [5.41, 5.74) is 2.60. The number of halogens is 3. The number of aryl methyl sites for hydroxylation is 1. The number of carboxylic acid groups (broad SMARTS) is 1. The van der Waals surface area contributed by atoms with E-state index in [4.69, 9.17) is 19.7 Å². The average molecular weight is 446 g/mol. The summed E-state index contributed by atoms with van der Waals surface area (Å²) in [6.07, 6.45) is 1.72. The molecule has 4 rings (SSSR count). The van der Waals surface area contributed by atoms with Crippen LogP contribution in [0.5, 0.6) is 0 Å². The van der Waals surface area contributed by atoms with Crippen LogP contribution >= 0.6 is 11.3 Å². The van der Waals surface area contributed by atoms with Crippen molar-refractivity contribution in [3.05, 3.63) is 34.0 Å². The van der Waals surface area contributed by atoms with Crippen molar-refractivity contribution in [2.75, 3.05) is 19.8 Å². The zero-order chi connectivity index (χ0) is 21.7. The number of ether oxygens (including phenoxy) is 1. The first-order valence-corrected chi connectivity index (χ1v) is 10.7. The molecule has 2 aromatic rings. The Balaban J connectivity index is 0.000000318. The molecule has 1 fully saturated rings. The zero-order valence-electron chi connectivity index (χ0n) is 16.6. The van der Waals surface area contributed by atoms with Gasteiger partial charge in [0, 0.05) is 55.5 Å². The van der Waals surface area contributed by atoms with E-state index in [-0.39, 0.29) is 0 Å². The molecular formula is C19H25F3N4O3S. The summed E-state index contributed by atoms with van der Waals surface area (Å²) < 4.78 is 39.8. The third-order valence-electron chi connectivity index (χ3n) is 4.94. The molecule has 2 aliphatic rings. The smallest absolute Gasteiger partial charge is 0.475 e. The number of fused-ring (bicyclic) bond motifs is 1. The fourth-order valence-corrected chi connectivity index (χ4v) is 3.89. The molecule has 1 aliphatic heterocycles. The van der Waals surface area contributed by atoms with Crippen LogP contribution in [0.1, 0.15) is 41.9 Å². The number of carboxylic acids is 1. The Labute approximate surface area is 176 Å². The minimum absolute atomic E-state index is 0.428. The van der Waals surface area contributed by atoms with Crippen molar-refractivity contribution < 1.29 is 27.8 Å². The Kier molecular flexibility index (Phi) is 7.48. The van der Waals surface area contributed by atoms with E-state index in [1.807, 2.05) is 11.6 Å². The second-order valence-electron chi connectivity index (χ2n) is 7.46. The van der Waals surface area contributed by atoms with E-state index in [0.29, 0.717) is 5.92 Å². The van der Waals surface area contributed by atoms with E-state index >= 15 is 0 Å². The summed E-state index contributed by atoms with van der Waals surface area (Å²) in [4.78, 5) is 15.8. The van der Waals surface area contributed by atoms with Gasteiger partial charge in [-0.15, -0.1) is 11.3 Å². The number of carbonyl (C=O) groups is 1. The van der Waals surface area contributed by atoms with Gasteiger partial charge in [-0.05, 0) is 25.7 Å². The van der Waals surface area contributed by atoms with E-state index in [1.54, 1.807) is 11.3 Å². The van der Waals surface area contributed by atoms with Crippen molar-refractivity contribution in [3.63, 3.8) is 0 Å². The minimum atomic E-state index is -5.08. The molecule has 3 heterocycles. The number of alkyl halides is 3. The highest BCUT2D eigenvalue weighted by Gasteiger charge is 2.38. The first-order valence-electron chi connectivity index (χ1n) is 9.81. The number of nitrogens with zero attached hydrogens (tertiary/aromatic N) is 4. The van der Waals surface area contributed by atoms with Crippen LogP contribution in [0.15, 0.2) is 17.8 Å². The molecule has 1 atom stereocenters. The molecule has 0 amide bonds. The number of hydrogen-bond acceptors (Lipinski definition) is 6. The van der Waals surface area contributed by atoms with Crippen LogP contribution in [-0.2, 0) is 29.2 Å².